The van der Waals surface area contributed by atoms with Crippen LogP contribution in [0.4, 0.5) is 11.4 Å². The summed E-state index contributed by atoms with van der Waals surface area (Å²) in [5.41, 5.74) is 6.40. The van der Waals surface area contributed by atoms with E-state index in [0.29, 0.717) is 48.2 Å². The lowest BCUT2D eigenvalue weighted by molar-refractivity contribution is -0.112. The van der Waals surface area contributed by atoms with E-state index in [1.807, 2.05) is 47.0 Å². The van der Waals surface area contributed by atoms with Crippen LogP contribution in [0.1, 0.15) is 57.2 Å². The zero-order chi connectivity index (χ0) is 34.0. The van der Waals surface area contributed by atoms with E-state index in [-0.39, 0.29) is 5.91 Å². The summed E-state index contributed by atoms with van der Waals surface area (Å²) in [6.07, 6.45) is 10.3. The molecule has 6 rings (SSSR count). The zero-order valence-corrected chi connectivity index (χ0v) is 29.3. The minimum absolute atomic E-state index is 0.137. The smallest absolute Gasteiger partial charge is 0.251 e. The van der Waals surface area contributed by atoms with Crippen LogP contribution < -0.4 is 19.7 Å². The molecule has 1 N–H and O–H groups in total. The molecule has 0 aliphatic carbocycles. The summed E-state index contributed by atoms with van der Waals surface area (Å²) in [6, 6.07) is 19.6. The second-order valence-corrected chi connectivity index (χ2v) is 13.9. The molecule has 0 radical (unpaired) electrons. The molecule has 10 heteroatoms. The molecule has 49 heavy (non-hydrogen) atoms. The Morgan fingerprint density at radius 3 is 2.61 bits per heavy atom. The van der Waals surface area contributed by atoms with Gasteiger partial charge < -0.3 is 29.0 Å². The van der Waals surface area contributed by atoms with Gasteiger partial charge in [-0.25, -0.2) is 4.98 Å². The van der Waals surface area contributed by atoms with Gasteiger partial charge in [-0.3, -0.25) is 9.00 Å². The summed E-state index contributed by atoms with van der Waals surface area (Å²) in [7, 11) is -1.22. The predicted octanol–water partition coefficient (Wildman–Crippen LogP) is 7.48. The van der Waals surface area contributed by atoms with Gasteiger partial charge in [0.1, 0.15) is 24.7 Å². The maximum atomic E-state index is 13.7. The predicted molar refractivity (Wildman–Crippen MR) is 196 cm³/mol. The lowest BCUT2D eigenvalue weighted by Crippen LogP contribution is -2.35. The van der Waals surface area contributed by atoms with Crippen molar-refractivity contribution in [1.29, 1.82) is 0 Å². The van der Waals surface area contributed by atoms with Crippen LogP contribution >= 0.6 is 0 Å². The number of aromatic nitrogens is 2. The lowest BCUT2D eigenvalue weighted by Gasteiger charge is -2.34. The Bertz CT molecular complexity index is 1770. The van der Waals surface area contributed by atoms with Crippen LogP contribution in [-0.4, -0.2) is 59.2 Å². The standard InChI is InChI=1S/C39H46N4O5S/c1-3-5-19-46-21-22-47-35-12-8-29(9-13-35)31-24-32-23-30(7-6-17-42-18-20-48-37(25-31)38(32)42)39(44)41-33-10-14-36(15-11-33)49(45)27-34-26-40-28-43(34)16-4-2/h8-15,23-26,28H,3-7,16-22,27H2,1-2H3,(H,41,44)/t49-/m0/s1. The Balaban J connectivity index is 1.16. The van der Waals surface area contributed by atoms with Gasteiger partial charge in [0.05, 0.1) is 47.4 Å². The number of hydrogen-bond donors (Lipinski definition) is 1. The van der Waals surface area contributed by atoms with Gasteiger partial charge in [-0.2, -0.15) is 0 Å². The first kappa shape index (κ1) is 34.5. The Labute approximate surface area is 291 Å². The van der Waals surface area contributed by atoms with Gasteiger partial charge in [0.15, 0.2) is 0 Å². The number of unbranched alkanes of at least 4 members (excludes halogenated alkanes) is 1. The lowest BCUT2D eigenvalue weighted by atomic mass is 9.95. The van der Waals surface area contributed by atoms with Crippen LogP contribution in [0.3, 0.4) is 0 Å². The minimum atomic E-state index is -1.22. The first-order chi connectivity index (χ1) is 24.0. The third-order valence-corrected chi connectivity index (χ3v) is 10.1. The molecule has 9 nitrogen and oxygen atoms in total. The van der Waals surface area contributed by atoms with E-state index in [4.69, 9.17) is 14.2 Å². The molecule has 258 valence electrons. The molecule has 0 fully saturated rings. The number of ether oxygens (including phenoxy) is 3. The number of amides is 1. The fraction of sp³-hybridized carbons (Fsp3) is 0.385. The van der Waals surface area contributed by atoms with E-state index in [9.17, 15) is 9.00 Å². The second kappa shape index (κ2) is 16.8. The molecule has 3 aromatic carbocycles. The van der Waals surface area contributed by atoms with E-state index in [2.05, 4.69) is 53.3 Å². The summed E-state index contributed by atoms with van der Waals surface area (Å²) in [5.74, 6) is 1.90. The number of carbonyl (C=O) groups excluding carboxylic acids is 1. The van der Waals surface area contributed by atoms with E-state index < -0.39 is 10.8 Å². The highest BCUT2D eigenvalue weighted by molar-refractivity contribution is 7.84. The number of nitrogens with one attached hydrogen (secondary N) is 1. The number of anilines is 2. The summed E-state index contributed by atoms with van der Waals surface area (Å²) in [5, 5.41) is 3.08. The van der Waals surface area contributed by atoms with Crippen LogP contribution in [0.5, 0.6) is 11.5 Å². The average Bonchev–Trinajstić information content (AvgIpc) is 3.54. The number of imidazole rings is 1. The van der Waals surface area contributed by atoms with Crippen molar-refractivity contribution in [2.24, 2.45) is 0 Å². The molecule has 1 amide bonds. The topological polar surface area (TPSA) is 94.9 Å². The maximum Gasteiger partial charge on any atom is 0.251 e. The molecule has 2 aliphatic rings. The van der Waals surface area contributed by atoms with Crippen molar-refractivity contribution in [3.05, 3.63) is 90.0 Å². The number of nitrogens with zero attached hydrogens (tertiary/aromatic N) is 3. The molecular formula is C39H46N4O5S. The van der Waals surface area contributed by atoms with Gasteiger partial charge in [-0.1, -0.05) is 32.4 Å². The molecule has 0 saturated carbocycles. The van der Waals surface area contributed by atoms with Gasteiger partial charge in [-0.05, 0) is 91.4 Å². The van der Waals surface area contributed by atoms with Crippen molar-refractivity contribution in [2.45, 2.75) is 63.1 Å². The summed E-state index contributed by atoms with van der Waals surface area (Å²) >= 11 is 0. The number of rotatable bonds is 15. The van der Waals surface area contributed by atoms with Crippen molar-refractivity contribution in [1.82, 2.24) is 9.55 Å². The van der Waals surface area contributed by atoms with E-state index in [0.717, 1.165) is 91.5 Å². The quantitative estimate of drug-likeness (QED) is 0.130. The van der Waals surface area contributed by atoms with Crippen LogP contribution in [0, 0.1) is 0 Å². The van der Waals surface area contributed by atoms with Gasteiger partial charge in [-0.15, -0.1) is 0 Å². The average molecular weight is 683 g/mol. The van der Waals surface area contributed by atoms with Gasteiger partial charge in [0, 0.05) is 47.6 Å². The summed E-state index contributed by atoms with van der Waals surface area (Å²) in [6.45, 7) is 9.26. The van der Waals surface area contributed by atoms with Crippen molar-refractivity contribution < 1.29 is 23.2 Å². The molecule has 3 heterocycles. The fourth-order valence-corrected chi connectivity index (χ4v) is 7.31. The number of aryl methyl sites for hydroxylation is 1. The van der Waals surface area contributed by atoms with Gasteiger partial charge >= 0.3 is 0 Å². The molecule has 2 aliphatic heterocycles. The second-order valence-electron chi connectivity index (χ2n) is 12.4. The number of benzene rings is 3. The SMILES string of the molecule is CCCCOCCOc1ccc(-c2cc3c4c(c2)OCCN4CCCC(C(=O)Nc2ccc([S@@](=O)Cc4cncn4CCC)cc2)=C3)cc1. The fourth-order valence-electron chi connectivity index (χ4n) is 6.20. The van der Waals surface area contributed by atoms with Crippen molar-refractivity contribution in [3.8, 4) is 22.6 Å². The van der Waals surface area contributed by atoms with Crippen molar-refractivity contribution in [2.75, 3.05) is 49.7 Å². The molecule has 0 bridgehead atoms. The Morgan fingerprint density at radius 2 is 1.82 bits per heavy atom. The number of hydrogen-bond acceptors (Lipinski definition) is 7. The molecule has 0 unspecified atom stereocenters. The largest absolute Gasteiger partial charge is 0.491 e. The molecule has 1 aromatic heterocycles. The van der Waals surface area contributed by atoms with Crippen LogP contribution in [0.25, 0.3) is 17.2 Å². The first-order valence-corrected chi connectivity index (χ1v) is 18.7. The van der Waals surface area contributed by atoms with E-state index >= 15 is 0 Å². The van der Waals surface area contributed by atoms with Gasteiger partial charge in [0.25, 0.3) is 5.91 Å². The summed E-state index contributed by atoms with van der Waals surface area (Å²) < 4.78 is 32.8. The zero-order valence-electron chi connectivity index (χ0n) is 28.5. The molecule has 0 spiro atoms. The maximum absolute atomic E-state index is 13.7. The monoisotopic (exact) mass is 682 g/mol. The van der Waals surface area contributed by atoms with Crippen LogP contribution in [-0.2, 0) is 32.6 Å². The van der Waals surface area contributed by atoms with E-state index in [1.54, 1.807) is 12.5 Å². The highest BCUT2D eigenvalue weighted by atomic mass is 32.2. The normalized spacial score (nSPS) is 14.6. The van der Waals surface area contributed by atoms with Crippen LogP contribution in [0.15, 0.2) is 83.7 Å². The van der Waals surface area contributed by atoms with Gasteiger partial charge in [0.2, 0.25) is 0 Å². The first-order valence-electron chi connectivity index (χ1n) is 17.4. The van der Waals surface area contributed by atoms with E-state index in [1.165, 1.54) is 0 Å². The third-order valence-electron chi connectivity index (χ3n) is 8.78. The molecule has 0 saturated heterocycles. The van der Waals surface area contributed by atoms with Crippen LogP contribution in [0.2, 0.25) is 0 Å². The Morgan fingerprint density at radius 1 is 0.980 bits per heavy atom. The Hall–Kier alpha value is -4.41. The Kier molecular flexibility index (Phi) is 11.8. The highest BCUT2D eigenvalue weighted by Crippen LogP contribution is 2.42. The van der Waals surface area contributed by atoms with Crippen molar-refractivity contribution in [3.63, 3.8) is 0 Å². The highest BCUT2D eigenvalue weighted by Gasteiger charge is 2.25. The minimum Gasteiger partial charge on any atom is -0.491 e. The summed E-state index contributed by atoms with van der Waals surface area (Å²) in [4.78, 5) is 21.0. The molecular weight excluding hydrogens is 637 g/mol. The van der Waals surface area contributed by atoms with Crippen molar-refractivity contribution >= 4 is 34.2 Å². The molecule has 4 aromatic rings. The molecule has 1 atom stereocenters. The number of carbonyl (C=O) groups is 1. The third kappa shape index (κ3) is 8.80.